The van der Waals surface area contributed by atoms with Gasteiger partial charge in [0.15, 0.2) is 0 Å². The maximum absolute atomic E-state index is 13.0. The fraction of sp³-hybridized carbons (Fsp3) is 0.385. The van der Waals surface area contributed by atoms with Crippen LogP contribution in [0.1, 0.15) is 43.4 Å². The van der Waals surface area contributed by atoms with Crippen molar-refractivity contribution in [1.29, 1.82) is 0 Å². The third-order valence-electron chi connectivity index (χ3n) is 5.55. The van der Waals surface area contributed by atoms with Crippen LogP contribution in [0, 0.1) is 0 Å². The molecule has 1 amide bonds. The monoisotopic (exact) mass is 436 g/mol. The standard InChI is InChI=1S/C26H32N2O4/c1-4-5-18-32-21-14-12-20(13-15-21)24(29)22-23(19-10-7-6-8-11-19)28(26(31)25(22)30)17-9-16-27(2)3/h6-8,10-15,23,29H,4-5,9,16-18H2,1-3H3. The van der Waals surface area contributed by atoms with Gasteiger partial charge in [-0.25, -0.2) is 0 Å². The summed E-state index contributed by atoms with van der Waals surface area (Å²) in [6, 6.07) is 15.8. The maximum Gasteiger partial charge on any atom is 0.295 e. The van der Waals surface area contributed by atoms with E-state index in [-0.39, 0.29) is 11.3 Å². The second-order valence-corrected chi connectivity index (χ2v) is 8.29. The van der Waals surface area contributed by atoms with Crippen molar-refractivity contribution >= 4 is 17.4 Å². The van der Waals surface area contributed by atoms with Gasteiger partial charge in [-0.15, -0.1) is 0 Å². The predicted octanol–water partition coefficient (Wildman–Crippen LogP) is 4.24. The molecule has 1 saturated heterocycles. The summed E-state index contributed by atoms with van der Waals surface area (Å²) in [7, 11) is 3.94. The molecule has 0 saturated carbocycles. The summed E-state index contributed by atoms with van der Waals surface area (Å²) in [6.45, 7) is 3.96. The van der Waals surface area contributed by atoms with Gasteiger partial charge in [0.05, 0.1) is 18.2 Å². The molecule has 6 nitrogen and oxygen atoms in total. The van der Waals surface area contributed by atoms with E-state index < -0.39 is 17.7 Å². The predicted molar refractivity (Wildman–Crippen MR) is 125 cm³/mol. The molecule has 0 aliphatic carbocycles. The third kappa shape index (κ3) is 5.37. The molecule has 3 rings (SSSR count). The Morgan fingerprint density at radius 1 is 1.03 bits per heavy atom. The van der Waals surface area contributed by atoms with E-state index in [9.17, 15) is 14.7 Å². The van der Waals surface area contributed by atoms with E-state index in [4.69, 9.17) is 4.74 Å². The topological polar surface area (TPSA) is 70.1 Å². The Kier molecular flexibility index (Phi) is 8.06. The number of unbranched alkanes of at least 4 members (excludes halogenated alkanes) is 1. The van der Waals surface area contributed by atoms with Crippen molar-refractivity contribution in [3.05, 3.63) is 71.3 Å². The van der Waals surface area contributed by atoms with Crippen molar-refractivity contribution in [2.75, 3.05) is 33.8 Å². The Labute approximate surface area is 190 Å². The van der Waals surface area contributed by atoms with Crippen LogP contribution in [0.15, 0.2) is 60.2 Å². The van der Waals surface area contributed by atoms with E-state index in [0.717, 1.165) is 31.4 Å². The lowest BCUT2D eigenvalue weighted by atomic mass is 9.95. The van der Waals surface area contributed by atoms with Gasteiger partial charge in [0, 0.05) is 12.1 Å². The average Bonchev–Trinajstić information content (AvgIpc) is 3.04. The molecule has 1 heterocycles. The van der Waals surface area contributed by atoms with Crippen molar-refractivity contribution < 1.29 is 19.4 Å². The highest BCUT2D eigenvalue weighted by Gasteiger charge is 2.45. The first-order valence-electron chi connectivity index (χ1n) is 11.1. The molecule has 0 spiro atoms. The number of aliphatic hydroxyl groups excluding tert-OH is 1. The van der Waals surface area contributed by atoms with Gasteiger partial charge in [-0.3, -0.25) is 9.59 Å². The Hall–Kier alpha value is -3.12. The number of ether oxygens (including phenoxy) is 1. The number of nitrogens with zero attached hydrogens (tertiary/aromatic N) is 2. The molecule has 2 aromatic rings. The van der Waals surface area contributed by atoms with E-state index in [1.807, 2.05) is 49.3 Å². The van der Waals surface area contributed by atoms with Crippen LogP contribution in [-0.4, -0.2) is 60.4 Å². The van der Waals surface area contributed by atoms with Crippen molar-refractivity contribution in [3.8, 4) is 5.75 Å². The summed E-state index contributed by atoms with van der Waals surface area (Å²) < 4.78 is 5.68. The lowest BCUT2D eigenvalue weighted by Gasteiger charge is -2.26. The molecule has 170 valence electrons. The quantitative estimate of drug-likeness (QED) is 0.261. The molecule has 1 atom stereocenters. The number of carbonyl (C=O) groups is 2. The largest absolute Gasteiger partial charge is 0.507 e. The van der Waals surface area contributed by atoms with Crippen LogP contribution in [0.5, 0.6) is 5.75 Å². The smallest absolute Gasteiger partial charge is 0.295 e. The number of benzene rings is 2. The van der Waals surface area contributed by atoms with Gasteiger partial charge in [0.1, 0.15) is 11.5 Å². The highest BCUT2D eigenvalue weighted by Crippen LogP contribution is 2.39. The number of ketones is 1. The highest BCUT2D eigenvalue weighted by molar-refractivity contribution is 6.46. The SMILES string of the molecule is CCCCOc1ccc(C(O)=C2C(=O)C(=O)N(CCCN(C)C)C2c2ccccc2)cc1. The van der Waals surface area contributed by atoms with Gasteiger partial charge in [0.25, 0.3) is 11.7 Å². The molecular weight excluding hydrogens is 404 g/mol. The van der Waals surface area contributed by atoms with E-state index in [1.165, 1.54) is 0 Å². The number of hydrogen-bond acceptors (Lipinski definition) is 5. The van der Waals surface area contributed by atoms with Crippen LogP contribution in [0.3, 0.4) is 0 Å². The second-order valence-electron chi connectivity index (χ2n) is 8.29. The molecule has 32 heavy (non-hydrogen) atoms. The molecule has 6 heteroatoms. The van der Waals surface area contributed by atoms with Gasteiger partial charge in [-0.2, -0.15) is 0 Å². The molecule has 0 bridgehead atoms. The first kappa shape index (κ1) is 23.5. The molecule has 1 fully saturated rings. The third-order valence-corrected chi connectivity index (χ3v) is 5.55. The number of Topliss-reactive ketones (excluding diaryl/α,β-unsaturated/α-hetero) is 1. The van der Waals surface area contributed by atoms with Crippen LogP contribution in [-0.2, 0) is 9.59 Å². The van der Waals surface area contributed by atoms with Crippen LogP contribution >= 0.6 is 0 Å². The minimum atomic E-state index is -0.649. The molecular formula is C26H32N2O4. The summed E-state index contributed by atoms with van der Waals surface area (Å²) >= 11 is 0. The Balaban J connectivity index is 1.95. The zero-order valence-corrected chi connectivity index (χ0v) is 19.1. The summed E-state index contributed by atoms with van der Waals surface area (Å²) in [5.41, 5.74) is 1.42. The molecule has 1 aliphatic heterocycles. The number of likely N-dealkylation sites (tertiary alicyclic amines) is 1. The lowest BCUT2D eigenvalue weighted by molar-refractivity contribution is -0.139. The van der Waals surface area contributed by atoms with Crippen LogP contribution in [0.4, 0.5) is 0 Å². The van der Waals surface area contributed by atoms with Gasteiger partial charge < -0.3 is 19.6 Å². The minimum absolute atomic E-state index is 0.130. The normalized spacial score (nSPS) is 17.9. The first-order valence-corrected chi connectivity index (χ1v) is 11.1. The molecule has 0 radical (unpaired) electrons. The fourth-order valence-corrected chi connectivity index (χ4v) is 3.85. The van der Waals surface area contributed by atoms with Gasteiger partial charge in [0.2, 0.25) is 0 Å². The molecule has 1 unspecified atom stereocenters. The van der Waals surface area contributed by atoms with Gasteiger partial charge in [-0.1, -0.05) is 43.7 Å². The maximum atomic E-state index is 13.0. The highest BCUT2D eigenvalue weighted by atomic mass is 16.5. The van der Waals surface area contributed by atoms with E-state index >= 15 is 0 Å². The van der Waals surface area contributed by atoms with Crippen molar-refractivity contribution in [3.63, 3.8) is 0 Å². The van der Waals surface area contributed by atoms with Gasteiger partial charge in [-0.05, 0) is 63.3 Å². The number of hydrogen-bond donors (Lipinski definition) is 1. The van der Waals surface area contributed by atoms with Crippen LogP contribution < -0.4 is 4.74 Å². The zero-order valence-electron chi connectivity index (χ0n) is 19.1. The minimum Gasteiger partial charge on any atom is -0.507 e. The Morgan fingerprint density at radius 3 is 2.34 bits per heavy atom. The van der Waals surface area contributed by atoms with Gasteiger partial charge >= 0.3 is 0 Å². The Bertz CT molecular complexity index is 952. The molecule has 0 aromatic heterocycles. The zero-order chi connectivity index (χ0) is 23.1. The lowest BCUT2D eigenvalue weighted by Crippen LogP contribution is -2.32. The first-order chi connectivity index (χ1) is 15.4. The van der Waals surface area contributed by atoms with E-state index in [0.29, 0.717) is 24.5 Å². The van der Waals surface area contributed by atoms with Crippen molar-refractivity contribution in [2.45, 2.75) is 32.2 Å². The van der Waals surface area contributed by atoms with Crippen molar-refractivity contribution in [2.24, 2.45) is 0 Å². The van der Waals surface area contributed by atoms with Crippen molar-refractivity contribution in [1.82, 2.24) is 9.80 Å². The summed E-state index contributed by atoms with van der Waals surface area (Å²) in [4.78, 5) is 29.5. The number of amides is 1. The van der Waals surface area contributed by atoms with E-state index in [2.05, 4.69) is 6.92 Å². The number of rotatable bonds is 10. The molecule has 1 aliphatic rings. The summed E-state index contributed by atoms with van der Waals surface area (Å²) in [6.07, 6.45) is 2.75. The number of aliphatic hydroxyl groups is 1. The molecule has 1 N–H and O–H groups in total. The van der Waals surface area contributed by atoms with Crippen LogP contribution in [0.25, 0.3) is 5.76 Å². The average molecular weight is 437 g/mol. The van der Waals surface area contributed by atoms with Crippen LogP contribution in [0.2, 0.25) is 0 Å². The second kappa shape index (κ2) is 11.0. The summed E-state index contributed by atoms with van der Waals surface area (Å²) in [5, 5.41) is 11.1. The summed E-state index contributed by atoms with van der Waals surface area (Å²) in [5.74, 6) is -0.672. The fourth-order valence-electron chi connectivity index (χ4n) is 3.85. The Morgan fingerprint density at radius 2 is 1.72 bits per heavy atom. The molecule has 2 aromatic carbocycles. The number of carbonyl (C=O) groups excluding carboxylic acids is 2. The van der Waals surface area contributed by atoms with E-state index in [1.54, 1.807) is 29.2 Å².